The zero-order chi connectivity index (χ0) is 12.9. The van der Waals surface area contributed by atoms with Gasteiger partial charge < -0.3 is 10.7 Å². The van der Waals surface area contributed by atoms with Crippen LogP contribution in [0.5, 0.6) is 0 Å². The van der Waals surface area contributed by atoms with Gasteiger partial charge in [-0.1, -0.05) is 13.8 Å². The molecule has 1 rings (SSSR count). The number of nitrogens with one attached hydrogen (secondary N) is 2. The first-order chi connectivity index (χ1) is 8.04. The summed E-state index contributed by atoms with van der Waals surface area (Å²) < 4.78 is 0. The SMILES string of the molecule is CCC(C)(CC)NC(=O)c1cncc(NN)n1. The Morgan fingerprint density at radius 1 is 1.41 bits per heavy atom. The fourth-order valence-corrected chi connectivity index (χ4v) is 1.31. The Bertz CT molecular complexity index is 389. The Labute approximate surface area is 101 Å². The molecular formula is C11H19N5O. The lowest BCUT2D eigenvalue weighted by Crippen LogP contribution is -2.45. The number of hydrogen-bond donors (Lipinski definition) is 3. The van der Waals surface area contributed by atoms with E-state index in [-0.39, 0.29) is 17.1 Å². The molecule has 1 aromatic rings. The minimum Gasteiger partial charge on any atom is -0.346 e. The van der Waals surface area contributed by atoms with E-state index in [1.807, 2.05) is 20.8 Å². The molecule has 0 bridgehead atoms. The highest BCUT2D eigenvalue weighted by Gasteiger charge is 2.23. The normalized spacial score (nSPS) is 11.1. The number of amides is 1. The highest BCUT2D eigenvalue weighted by atomic mass is 16.2. The maximum absolute atomic E-state index is 12.0. The number of nitrogens with zero attached hydrogens (tertiary/aromatic N) is 2. The molecule has 0 aliphatic rings. The van der Waals surface area contributed by atoms with Crippen LogP contribution < -0.4 is 16.6 Å². The van der Waals surface area contributed by atoms with Crippen molar-refractivity contribution < 1.29 is 4.79 Å². The number of carbonyl (C=O) groups excluding carboxylic acids is 1. The predicted octanol–water partition coefficient (Wildman–Crippen LogP) is 1.07. The van der Waals surface area contributed by atoms with Crippen molar-refractivity contribution in [1.29, 1.82) is 0 Å². The molecule has 6 heteroatoms. The van der Waals surface area contributed by atoms with Crippen LogP contribution in [0, 0.1) is 0 Å². The van der Waals surface area contributed by atoms with Crippen molar-refractivity contribution in [2.24, 2.45) is 5.84 Å². The van der Waals surface area contributed by atoms with E-state index in [0.717, 1.165) is 12.8 Å². The molecule has 0 aromatic carbocycles. The van der Waals surface area contributed by atoms with Crippen LogP contribution in [0.3, 0.4) is 0 Å². The van der Waals surface area contributed by atoms with Gasteiger partial charge >= 0.3 is 0 Å². The van der Waals surface area contributed by atoms with Gasteiger partial charge in [0.05, 0.1) is 12.4 Å². The Kier molecular flexibility index (Phi) is 4.39. The van der Waals surface area contributed by atoms with Crippen molar-refractivity contribution in [1.82, 2.24) is 15.3 Å². The molecule has 0 atom stereocenters. The first-order valence-electron chi connectivity index (χ1n) is 5.66. The van der Waals surface area contributed by atoms with E-state index in [4.69, 9.17) is 5.84 Å². The third-order valence-electron chi connectivity index (χ3n) is 2.99. The van der Waals surface area contributed by atoms with E-state index in [2.05, 4.69) is 20.7 Å². The summed E-state index contributed by atoms with van der Waals surface area (Å²) in [5.74, 6) is 5.35. The van der Waals surface area contributed by atoms with E-state index < -0.39 is 0 Å². The number of aromatic nitrogens is 2. The molecule has 0 aliphatic carbocycles. The van der Waals surface area contributed by atoms with Crippen LogP contribution >= 0.6 is 0 Å². The number of hydrazine groups is 1. The molecule has 0 aliphatic heterocycles. The Balaban J connectivity index is 2.82. The minimum absolute atomic E-state index is 0.217. The molecule has 0 fully saturated rings. The van der Waals surface area contributed by atoms with Crippen molar-refractivity contribution in [2.75, 3.05) is 5.43 Å². The van der Waals surface area contributed by atoms with Gasteiger partial charge in [0.15, 0.2) is 5.82 Å². The summed E-state index contributed by atoms with van der Waals surface area (Å²) in [6, 6.07) is 0. The summed E-state index contributed by atoms with van der Waals surface area (Å²) in [4.78, 5) is 19.9. The highest BCUT2D eigenvalue weighted by Crippen LogP contribution is 2.14. The largest absolute Gasteiger partial charge is 0.346 e. The number of hydrogen-bond acceptors (Lipinski definition) is 5. The maximum Gasteiger partial charge on any atom is 0.271 e. The molecule has 0 spiro atoms. The van der Waals surface area contributed by atoms with E-state index in [9.17, 15) is 4.79 Å². The molecule has 0 saturated heterocycles. The van der Waals surface area contributed by atoms with Crippen LogP contribution in [0.4, 0.5) is 5.82 Å². The molecule has 0 radical (unpaired) electrons. The average molecular weight is 237 g/mol. The molecule has 0 saturated carbocycles. The smallest absolute Gasteiger partial charge is 0.271 e. The lowest BCUT2D eigenvalue weighted by atomic mass is 9.95. The summed E-state index contributed by atoms with van der Waals surface area (Å²) in [7, 11) is 0. The van der Waals surface area contributed by atoms with Crippen LogP contribution in [-0.4, -0.2) is 21.4 Å². The predicted molar refractivity (Wildman–Crippen MR) is 66.3 cm³/mol. The molecule has 17 heavy (non-hydrogen) atoms. The quantitative estimate of drug-likeness (QED) is 0.526. The lowest BCUT2D eigenvalue weighted by Gasteiger charge is -2.27. The zero-order valence-electron chi connectivity index (χ0n) is 10.4. The van der Waals surface area contributed by atoms with Crippen molar-refractivity contribution in [3.05, 3.63) is 18.1 Å². The Morgan fingerprint density at radius 2 is 2.06 bits per heavy atom. The van der Waals surface area contributed by atoms with E-state index >= 15 is 0 Å². The fraction of sp³-hybridized carbons (Fsp3) is 0.545. The van der Waals surface area contributed by atoms with Crippen LogP contribution in [0.2, 0.25) is 0 Å². The third-order valence-corrected chi connectivity index (χ3v) is 2.99. The molecular weight excluding hydrogens is 218 g/mol. The number of carbonyl (C=O) groups is 1. The topological polar surface area (TPSA) is 92.9 Å². The zero-order valence-corrected chi connectivity index (χ0v) is 10.4. The number of anilines is 1. The van der Waals surface area contributed by atoms with Gasteiger partial charge in [-0.3, -0.25) is 9.78 Å². The van der Waals surface area contributed by atoms with Crippen molar-refractivity contribution >= 4 is 11.7 Å². The van der Waals surface area contributed by atoms with Gasteiger partial charge in [0.25, 0.3) is 5.91 Å². The Hall–Kier alpha value is -1.69. The van der Waals surface area contributed by atoms with Gasteiger partial charge in [0.2, 0.25) is 0 Å². The molecule has 0 unspecified atom stereocenters. The van der Waals surface area contributed by atoms with E-state index in [1.54, 1.807) is 0 Å². The van der Waals surface area contributed by atoms with Gasteiger partial charge in [-0.25, -0.2) is 10.8 Å². The van der Waals surface area contributed by atoms with Crippen LogP contribution in [0.15, 0.2) is 12.4 Å². The van der Waals surface area contributed by atoms with Crippen LogP contribution in [0.1, 0.15) is 44.1 Å². The summed E-state index contributed by atoms with van der Waals surface area (Å²) in [6.07, 6.45) is 4.59. The minimum atomic E-state index is -0.235. The van der Waals surface area contributed by atoms with Gasteiger partial charge in [-0.15, -0.1) is 0 Å². The maximum atomic E-state index is 12.0. The standard InChI is InChI=1S/C11H19N5O/c1-4-11(3,5-2)15-10(17)8-6-13-7-9(14-8)16-12/h6-7H,4-5,12H2,1-3H3,(H,14,16)(H,15,17). The van der Waals surface area contributed by atoms with Crippen LogP contribution in [0.25, 0.3) is 0 Å². The second-order valence-electron chi connectivity index (χ2n) is 4.16. The molecule has 6 nitrogen and oxygen atoms in total. The number of rotatable bonds is 5. The van der Waals surface area contributed by atoms with Crippen molar-refractivity contribution in [2.45, 2.75) is 39.2 Å². The average Bonchev–Trinajstić information content (AvgIpc) is 2.38. The summed E-state index contributed by atoms with van der Waals surface area (Å²) in [5.41, 5.74) is 2.40. The highest BCUT2D eigenvalue weighted by molar-refractivity contribution is 5.92. The second kappa shape index (κ2) is 5.58. The second-order valence-corrected chi connectivity index (χ2v) is 4.16. The molecule has 94 valence electrons. The van der Waals surface area contributed by atoms with E-state index in [1.165, 1.54) is 12.4 Å². The first-order valence-corrected chi connectivity index (χ1v) is 5.66. The van der Waals surface area contributed by atoms with Crippen molar-refractivity contribution in [3.63, 3.8) is 0 Å². The lowest BCUT2D eigenvalue weighted by molar-refractivity contribution is 0.0895. The number of nitrogens with two attached hydrogens (primary N) is 1. The monoisotopic (exact) mass is 237 g/mol. The summed E-state index contributed by atoms with van der Waals surface area (Å²) in [6.45, 7) is 6.07. The van der Waals surface area contributed by atoms with E-state index in [0.29, 0.717) is 5.82 Å². The molecule has 1 amide bonds. The summed E-state index contributed by atoms with van der Waals surface area (Å²) >= 11 is 0. The summed E-state index contributed by atoms with van der Waals surface area (Å²) in [5, 5.41) is 2.95. The molecule has 1 aromatic heterocycles. The molecule has 1 heterocycles. The fourth-order valence-electron chi connectivity index (χ4n) is 1.31. The van der Waals surface area contributed by atoms with Crippen molar-refractivity contribution in [3.8, 4) is 0 Å². The van der Waals surface area contributed by atoms with Crippen LogP contribution in [-0.2, 0) is 0 Å². The van der Waals surface area contributed by atoms with Gasteiger partial charge in [-0.05, 0) is 19.8 Å². The molecule has 4 N–H and O–H groups in total. The van der Waals surface area contributed by atoms with Gasteiger partial charge in [0.1, 0.15) is 5.69 Å². The first kappa shape index (κ1) is 13.4. The number of nitrogen functional groups attached to an aromatic ring is 1. The Morgan fingerprint density at radius 3 is 2.59 bits per heavy atom. The third kappa shape index (κ3) is 3.39. The van der Waals surface area contributed by atoms with Gasteiger partial charge in [0, 0.05) is 5.54 Å². The van der Waals surface area contributed by atoms with Gasteiger partial charge in [-0.2, -0.15) is 0 Å².